The summed E-state index contributed by atoms with van der Waals surface area (Å²) in [6.07, 6.45) is -1.44. The van der Waals surface area contributed by atoms with Crippen LogP contribution in [0.2, 0.25) is 0 Å². The number of benzene rings is 3. The number of carbonyl (C=O) groups is 3. The summed E-state index contributed by atoms with van der Waals surface area (Å²) < 4.78 is 10.7. The van der Waals surface area contributed by atoms with Crippen LogP contribution in [0.3, 0.4) is 0 Å². The third-order valence-corrected chi connectivity index (χ3v) is 5.98. The fourth-order valence-corrected chi connectivity index (χ4v) is 4.32. The number of ether oxygens (including phenoxy) is 2. The van der Waals surface area contributed by atoms with Crippen LogP contribution < -0.4 is 15.4 Å². The molecule has 0 fully saturated rings. The maximum absolute atomic E-state index is 12.7. The fourth-order valence-electron chi connectivity index (χ4n) is 4.32. The number of methoxy groups -OCH3 is 1. The molecule has 0 aromatic heterocycles. The molecule has 3 aromatic carbocycles. The lowest BCUT2D eigenvalue weighted by Gasteiger charge is -2.19. The Kier molecular flexibility index (Phi) is 7.30. The standard InChI is InChI=1S/C27H26N2O6/c1-34-24-13-7-2-8-17(24)15-28-26(32)23(14-25(30)31)29-27(33)35-16-22-20-11-5-3-9-18(20)19-10-4-6-12-21(19)22/h2-13,22-23H,14-16H2,1H3,(H,28,32)(H,29,33)(H,30,31). The van der Waals surface area contributed by atoms with Crippen molar-refractivity contribution in [2.24, 2.45) is 0 Å². The van der Waals surface area contributed by atoms with Gasteiger partial charge in [-0.1, -0.05) is 66.7 Å². The Morgan fingerprint density at radius 2 is 1.51 bits per heavy atom. The zero-order valence-electron chi connectivity index (χ0n) is 19.2. The predicted octanol–water partition coefficient (Wildman–Crippen LogP) is 3.69. The summed E-state index contributed by atoms with van der Waals surface area (Å²) in [6, 6.07) is 21.7. The second-order valence-corrected chi connectivity index (χ2v) is 8.15. The number of carboxylic acid groups (broad SMARTS) is 1. The molecule has 35 heavy (non-hydrogen) atoms. The van der Waals surface area contributed by atoms with Gasteiger partial charge in [0, 0.05) is 18.0 Å². The normalized spacial score (nSPS) is 12.7. The van der Waals surface area contributed by atoms with Crippen LogP contribution in [0.1, 0.15) is 29.0 Å². The Morgan fingerprint density at radius 1 is 0.914 bits per heavy atom. The third-order valence-electron chi connectivity index (χ3n) is 5.98. The van der Waals surface area contributed by atoms with Gasteiger partial charge >= 0.3 is 12.1 Å². The molecule has 1 unspecified atom stereocenters. The number of amides is 2. The van der Waals surface area contributed by atoms with E-state index in [1.165, 1.54) is 7.11 Å². The lowest BCUT2D eigenvalue weighted by molar-refractivity contribution is -0.139. The van der Waals surface area contributed by atoms with E-state index in [4.69, 9.17) is 9.47 Å². The van der Waals surface area contributed by atoms with Gasteiger partial charge in [0.15, 0.2) is 0 Å². The summed E-state index contributed by atoms with van der Waals surface area (Å²) in [5, 5.41) is 14.3. The van der Waals surface area contributed by atoms with Crippen LogP contribution in [0.4, 0.5) is 4.79 Å². The summed E-state index contributed by atoms with van der Waals surface area (Å²) in [4.78, 5) is 36.6. The highest BCUT2D eigenvalue weighted by atomic mass is 16.5. The highest BCUT2D eigenvalue weighted by Gasteiger charge is 2.30. The molecule has 3 aromatic rings. The first-order valence-corrected chi connectivity index (χ1v) is 11.2. The molecule has 3 N–H and O–H groups in total. The Balaban J connectivity index is 1.39. The van der Waals surface area contributed by atoms with Crippen molar-refractivity contribution >= 4 is 18.0 Å². The van der Waals surface area contributed by atoms with Crippen molar-refractivity contribution in [1.29, 1.82) is 0 Å². The molecular formula is C27H26N2O6. The van der Waals surface area contributed by atoms with Gasteiger partial charge in [0.1, 0.15) is 18.4 Å². The Morgan fingerprint density at radius 3 is 2.14 bits per heavy atom. The van der Waals surface area contributed by atoms with Crippen molar-refractivity contribution in [2.45, 2.75) is 24.9 Å². The molecule has 0 saturated carbocycles. The number of hydrogen-bond acceptors (Lipinski definition) is 5. The van der Waals surface area contributed by atoms with E-state index >= 15 is 0 Å². The molecule has 180 valence electrons. The largest absolute Gasteiger partial charge is 0.496 e. The number of rotatable bonds is 9. The van der Waals surface area contributed by atoms with Crippen LogP contribution >= 0.6 is 0 Å². The van der Waals surface area contributed by atoms with Crippen LogP contribution in [0.25, 0.3) is 11.1 Å². The van der Waals surface area contributed by atoms with Crippen LogP contribution in [0, 0.1) is 0 Å². The number of carbonyl (C=O) groups excluding carboxylic acids is 2. The summed E-state index contributed by atoms with van der Waals surface area (Å²) in [7, 11) is 1.52. The number of para-hydroxylation sites is 1. The molecule has 2 amide bonds. The molecular weight excluding hydrogens is 448 g/mol. The van der Waals surface area contributed by atoms with Gasteiger partial charge in [0.2, 0.25) is 5.91 Å². The average molecular weight is 475 g/mol. The third kappa shape index (κ3) is 5.43. The average Bonchev–Trinajstić information content (AvgIpc) is 3.19. The SMILES string of the molecule is COc1ccccc1CNC(=O)C(CC(=O)O)NC(=O)OCC1c2ccccc2-c2ccccc21. The minimum Gasteiger partial charge on any atom is -0.496 e. The van der Waals surface area contributed by atoms with Crippen LogP contribution in [0.5, 0.6) is 5.75 Å². The topological polar surface area (TPSA) is 114 Å². The minimum absolute atomic E-state index is 0.0580. The van der Waals surface area contributed by atoms with Crippen molar-refractivity contribution in [1.82, 2.24) is 10.6 Å². The van der Waals surface area contributed by atoms with E-state index in [1.54, 1.807) is 24.3 Å². The van der Waals surface area contributed by atoms with E-state index < -0.39 is 30.4 Å². The summed E-state index contributed by atoms with van der Waals surface area (Å²) in [5.74, 6) is -1.41. The van der Waals surface area contributed by atoms with Gasteiger partial charge in [-0.25, -0.2) is 4.79 Å². The van der Waals surface area contributed by atoms with Crippen molar-refractivity contribution in [3.8, 4) is 16.9 Å². The molecule has 0 aliphatic heterocycles. The molecule has 0 heterocycles. The minimum atomic E-state index is -1.29. The van der Waals surface area contributed by atoms with Gasteiger partial charge < -0.3 is 25.2 Å². The molecule has 8 heteroatoms. The van der Waals surface area contributed by atoms with Crippen LogP contribution in [-0.2, 0) is 20.9 Å². The lowest BCUT2D eigenvalue weighted by atomic mass is 9.98. The second kappa shape index (κ2) is 10.7. The van der Waals surface area contributed by atoms with Crippen molar-refractivity contribution in [2.75, 3.05) is 13.7 Å². The first kappa shape index (κ1) is 23.8. The van der Waals surface area contributed by atoms with Gasteiger partial charge in [0.25, 0.3) is 0 Å². The fraction of sp³-hybridized carbons (Fsp3) is 0.222. The number of alkyl carbamates (subject to hydrolysis) is 1. The maximum atomic E-state index is 12.7. The molecule has 4 rings (SSSR count). The highest BCUT2D eigenvalue weighted by molar-refractivity contribution is 5.89. The molecule has 1 atom stereocenters. The zero-order valence-corrected chi connectivity index (χ0v) is 19.2. The number of hydrogen-bond donors (Lipinski definition) is 3. The lowest BCUT2D eigenvalue weighted by Crippen LogP contribution is -2.48. The highest BCUT2D eigenvalue weighted by Crippen LogP contribution is 2.44. The smallest absolute Gasteiger partial charge is 0.407 e. The van der Waals surface area contributed by atoms with E-state index in [0.717, 1.165) is 27.8 Å². The van der Waals surface area contributed by atoms with Gasteiger partial charge in [-0.2, -0.15) is 0 Å². The summed E-state index contributed by atoms with van der Waals surface area (Å²) in [6.45, 7) is 0.174. The Labute approximate surface area is 202 Å². The zero-order chi connectivity index (χ0) is 24.8. The summed E-state index contributed by atoms with van der Waals surface area (Å²) >= 11 is 0. The Hall–Kier alpha value is -4.33. The summed E-state index contributed by atoms with van der Waals surface area (Å²) in [5.41, 5.74) is 5.02. The van der Waals surface area contributed by atoms with Crippen LogP contribution in [-0.4, -0.2) is 42.8 Å². The van der Waals surface area contributed by atoms with E-state index in [1.807, 2.05) is 48.5 Å². The van der Waals surface area contributed by atoms with Crippen molar-refractivity contribution in [3.63, 3.8) is 0 Å². The number of carboxylic acids is 1. The van der Waals surface area contributed by atoms with E-state index in [0.29, 0.717) is 5.75 Å². The number of aliphatic carboxylic acids is 1. The van der Waals surface area contributed by atoms with E-state index in [2.05, 4.69) is 10.6 Å². The molecule has 1 aliphatic carbocycles. The molecule has 0 radical (unpaired) electrons. The second-order valence-electron chi connectivity index (χ2n) is 8.15. The van der Waals surface area contributed by atoms with Gasteiger partial charge in [-0.05, 0) is 28.3 Å². The first-order chi connectivity index (χ1) is 17.0. The number of nitrogens with one attached hydrogen (secondary N) is 2. The quantitative estimate of drug-likeness (QED) is 0.436. The van der Waals surface area contributed by atoms with Crippen LogP contribution in [0.15, 0.2) is 72.8 Å². The van der Waals surface area contributed by atoms with Gasteiger partial charge in [0.05, 0.1) is 13.5 Å². The van der Waals surface area contributed by atoms with Crippen molar-refractivity contribution in [3.05, 3.63) is 89.5 Å². The number of fused-ring (bicyclic) bond motifs is 3. The maximum Gasteiger partial charge on any atom is 0.407 e. The van der Waals surface area contributed by atoms with Gasteiger partial charge in [-0.3, -0.25) is 9.59 Å². The predicted molar refractivity (Wildman–Crippen MR) is 129 cm³/mol. The van der Waals surface area contributed by atoms with E-state index in [-0.39, 0.29) is 19.1 Å². The Bertz CT molecular complexity index is 1200. The molecule has 8 nitrogen and oxygen atoms in total. The molecule has 0 spiro atoms. The molecule has 0 saturated heterocycles. The molecule has 0 bridgehead atoms. The molecule has 1 aliphatic rings. The van der Waals surface area contributed by atoms with Gasteiger partial charge in [-0.15, -0.1) is 0 Å². The van der Waals surface area contributed by atoms with Crippen molar-refractivity contribution < 1.29 is 29.0 Å². The van der Waals surface area contributed by atoms with E-state index in [9.17, 15) is 19.5 Å². The first-order valence-electron chi connectivity index (χ1n) is 11.2. The monoisotopic (exact) mass is 474 g/mol.